The number of hydrogen-bond acceptors (Lipinski definition) is 2. The van der Waals surface area contributed by atoms with Gasteiger partial charge in [-0.05, 0) is 42.0 Å². The second-order valence-electron chi connectivity index (χ2n) is 3.93. The summed E-state index contributed by atoms with van der Waals surface area (Å²) in [5, 5.41) is 2.22. The lowest BCUT2D eigenvalue weighted by atomic mass is 10.1. The van der Waals surface area contributed by atoms with Crippen LogP contribution in [-0.4, -0.2) is 19.7 Å². The van der Waals surface area contributed by atoms with Crippen LogP contribution in [0, 0.1) is 0 Å². The van der Waals surface area contributed by atoms with Crippen molar-refractivity contribution in [3.63, 3.8) is 0 Å². The van der Waals surface area contributed by atoms with Gasteiger partial charge in [0, 0.05) is 17.2 Å². The first-order valence-corrected chi connectivity index (χ1v) is 6.51. The first kappa shape index (κ1) is 12.9. The highest BCUT2D eigenvalue weighted by atomic mass is 79.9. The molecular formula is C14H14BrNO2. The average molecular weight is 308 g/mol. The third-order valence-corrected chi connectivity index (χ3v) is 3.21. The minimum absolute atomic E-state index is 0.339. The van der Waals surface area contributed by atoms with Crippen molar-refractivity contribution < 1.29 is 9.53 Å². The third-order valence-electron chi connectivity index (χ3n) is 2.71. The van der Waals surface area contributed by atoms with Crippen molar-refractivity contribution in [3.8, 4) is 0 Å². The number of amides is 1. The Labute approximate surface area is 114 Å². The van der Waals surface area contributed by atoms with E-state index in [9.17, 15) is 4.79 Å². The maximum Gasteiger partial charge on any atom is 0.413 e. The van der Waals surface area contributed by atoms with Crippen LogP contribution in [0.3, 0.4) is 0 Å². The summed E-state index contributed by atoms with van der Waals surface area (Å²) >= 11 is 3.44. The number of fused-ring (bicyclic) bond motifs is 1. The van der Waals surface area contributed by atoms with Crippen LogP contribution in [0.15, 0.2) is 40.9 Å². The Morgan fingerprint density at radius 1 is 1.22 bits per heavy atom. The van der Waals surface area contributed by atoms with Gasteiger partial charge in [0.1, 0.15) is 0 Å². The van der Waals surface area contributed by atoms with Crippen LogP contribution in [0.1, 0.15) is 6.92 Å². The summed E-state index contributed by atoms with van der Waals surface area (Å²) in [7, 11) is 1.71. The van der Waals surface area contributed by atoms with E-state index in [1.54, 1.807) is 14.0 Å². The predicted octanol–water partition coefficient (Wildman–Crippen LogP) is 4.20. The fourth-order valence-electron chi connectivity index (χ4n) is 1.74. The van der Waals surface area contributed by atoms with E-state index >= 15 is 0 Å². The van der Waals surface area contributed by atoms with Gasteiger partial charge < -0.3 is 4.74 Å². The van der Waals surface area contributed by atoms with E-state index in [4.69, 9.17) is 4.74 Å². The molecule has 18 heavy (non-hydrogen) atoms. The van der Waals surface area contributed by atoms with Gasteiger partial charge in [-0.25, -0.2) is 4.79 Å². The molecule has 0 radical (unpaired) electrons. The Balaban J connectivity index is 2.35. The highest BCUT2D eigenvalue weighted by Crippen LogP contribution is 2.24. The summed E-state index contributed by atoms with van der Waals surface area (Å²) in [6.07, 6.45) is -0.339. The van der Waals surface area contributed by atoms with E-state index < -0.39 is 0 Å². The largest absolute Gasteiger partial charge is 0.449 e. The van der Waals surface area contributed by atoms with Crippen molar-refractivity contribution >= 4 is 38.5 Å². The summed E-state index contributed by atoms with van der Waals surface area (Å²) in [4.78, 5) is 13.1. The van der Waals surface area contributed by atoms with Gasteiger partial charge in [-0.1, -0.05) is 28.1 Å². The third kappa shape index (κ3) is 2.64. The van der Waals surface area contributed by atoms with Gasteiger partial charge in [-0.2, -0.15) is 0 Å². The number of nitrogens with zero attached hydrogens (tertiary/aromatic N) is 1. The number of halogens is 1. The standard InChI is InChI=1S/C14H14BrNO2/c1-3-18-14(17)16(2)13-7-5-10-8-12(15)6-4-11(10)9-13/h4-9H,3H2,1-2H3. The lowest BCUT2D eigenvalue weighted by Crippen LogP contribution is -2.26. The van der Waals surface area contributed by atoms with Crippen LogP contribution >= 0.6 is 15.9 Å². The second-order valence-corrected chi connectivity index (χ2v) is 4.85. The molecule has 0 unspecified atom stereocenters. The van der Waals surface area contributed by atoms with Crippen molar-refractivity contribution in [1.82, 2.24) is 0 Å². The van der Waals surface area contributed by atoms with Crippen molar-refractivity contribution in [2.75, 3.05) is 18.6 Å². The number of carbonyl (C=O) groups excluding carboxylic acids is 1. The predicted molar refractivity (Wildman–Crippen MR) is 77.1 cm³/mol. The molecule has 0 aliphatic rings. The molecule has 0 N–H and O–H groups in total. The summed E-state index contributed by atoms with van der Waals surface area (Å²) < 4.78 is 6.01. The monoisotopic (exact) mass is 307 g/mol. The van der Waals surface area contributed by atoms with Gasteiger partial charge in [0.25, 0.3) is 0 Å². The smallest absolute Gasteiger partial charge is 0.413 e. The molecule has 0 bridgehead atoms. The van der Waals surface area contributed by atoms with E-state index in [-0.39, 0.29) is 6.09 Å². The zero-order valence-corrected chi connectivity index (χ0v) is 11.9. The number of anilines is 1. The molecule has 0 aliphatic carbocycles. The van der Waals surface area contributed by atoms with Gasteiger partial charge >= 0.3 is 6.09 Å². The molecule has 0 aliphatic heterocycles. The Bertz CT molecular complexity index is 583. The molecular weight excluding hydrogens is 294 g/mol. The topological polar surface area (TPSA) is 29.5 Å². The number of rotatable bonds is 2. The average Bonchev–Trinajstić information content (AvgIpc) is 2.37. The number of hydrogen-bond donors (Lipinski definition) is 0. The van der Waals surface area contributed by atoms with Crippen molar-refractivity contribution in [2.24, 2.45) is 0 Å². The maximum absolute atomic E-state index is 11.6. The minimum atomic E-state index is -0.339. The van der Waals surface area contributed by atoms with Gasteiger partial charge in [-0.15, -0.1) is 0 Å². The van der Waals surface area contributed by atoms with Crippen molar-refractivity contribution in [3.05, 3.63) is 40.9 Å². The molecule has 3 nitrogen and oxygen atoms in total. The fraction of sp³-hybridized carbons (Fsp3) is 0.214. The summed E-state index contributed by atoms with van der Waals surface area (Å²) in [5.41, 5.74) is 0.822. The molecule has 0 spiro atoms. The number of ether oxygens (including phenoxy) is 1. The molecule has 0 saturated carbocycles. The molecule has 2 aromatic carbocycles. The number of benzene rings is 2. The molecule has 0 heterocycles. The Morgan fingerprint density at radius 2 is 1.89 bits per heavy atom. The van der Waals surface area contributed by atoms with Gasteiger partial charge in [0.05, 0.1) is 6.61 Å². The Morgan fingerprint density at radius 3 is 2.61 bits per heavy atom. The summed E-state index contributed by atoms with van der Waals surface area (Å²) in [6, 6.07) is 11.9. The molecule has 0 aromatic heterocycles. The molecule has 0 saturated heterocycles. The highest BCUT2D eigenvalue weighted by molar-refractivity contribution is 9.10. The van der Waals surface area contributed by atoms with Crippen LogP contribution in [0.25, 0.3) is 10.8 Å². The molecule has 0 atom stereocenters. The first-order chi connectivity index (χ1) is 8.61. The molecule has 2 aromatic rings. The van der Waals surface area contributed by atoms with Gasteiger partial charge in [0.15, 0.2) is 0 Å². The van der Waals surface area contributed by atoms with E-state index in [1.165, 1.54) is 4.90 Å². The SMILES string of the molecule is CCOC(=O)N(C)c1ccc2cc(Br)ccc2c1. The Kier molecular flexibility index (Phi) is 3.87. The van der Waals surface area contributed by atoms with E-state index in [0.717, 1.165) is 20.9 Å². The first-order valence-electron chi connectivity index (χ1n) is 5.71. The van der Waals surface area contributed by atoms with Crippen molar-refractivity contribution in [1.29, 1.82) is 0 Å². The zero-order valence-electron chi connectivity index (χ0n) is 10.3. The summed E-state index contributed by atoms with van der Waals surface area (Å²) in [5.74, 6) is 0. The molecule has 1 amide bonds. The van der Waals surface area contributed by atoms with Crippen LogP contribution in [0.2, 0.25) is 0 Å². The normalized spacial score (nSPS) is 10.4. The fourth-order valence-corrected chi connectivity index (χ4v) is 2.12. The highest BCUT2D eigenvalue weighted by Gasteiger charge is 2.11. The van der Waals surface area contributed by atoms with Crippen molar-refractivity contribution in [2.45, 2.75) is 6.92 Å². The zero-order chi connectivity index (χ0) is 13.1. The quantitative estimate of drug-likeness (QED) is 0.832. The summed E-state index contributed by atoms with van der Waals surface area (Å²) in [6.45, 7) is 2.17. The second kappa shape index (κ2) is 5.40. The van der Waals surface area contributed by atoms with Crippen LogP contribution < -0.4 is 4.90 Å². The number of carbonyl (C=O) groups is 1. The van der Waals surface area contributed by atoms with E-state index in [1.807, 2.05) is 36.4 Å². The lowest BCUT2D eigenvalue weighted by Gasteiger charge is -2.17. The van der Waals surface area contributed by atoms with Crippen LogP contribution in [0.5, 0.6) is 0 Å². The Hall–Kier alpha value is -1.55. The van der Waals surface area contributed by atoms with Gasteiger partial charge in [-0.3, -0.25) is 4.90 Å². The lowest BCUT2D eigenvalue weighted by molar-refractivity contribution is 0.161. The molecule has 4 heteroatoms. The molecule has 2 rings (SSSR count). The molecule has 94 valence electrons. The van der Waals surface area contributed by atoms with Crippen LogP contribution in [-0.2, 0) is 4.74 Å². The van der Waals surface area contributed by atoms with Gasteiger partial charge in [0.2, 0.25) is 0 Å². The maximum atomic E-state index is 11.6. The van der Waals surface area contributed by atoms with E-state index in [0.29, 0.717) is 6.61 Å². The van der Waals surface area contributed by atoms with E-state index in [2.05, 4.69) is 15.9 Å². The van der Waals surface area contributed by atoms with Crippen LogP contribution in [0.4, 0.5) is 10.5 Å². The minimum Gasteiger partial charge on any atom is -0.449 e. The molecule has 0 fully saturated rings.